The predicted octanol–water partition coefficient (Wildman–Crippen LogP) is 2.13. The van der Waals surface area contributed by atoms with Crippen LogP contribution in [-0.4, -0.2) is 56.0 Å². The Morgan fingerprint density at radius 1 is 1.30 bits per heavy atom. The maximum atomic E-state index is 12.3. The van der Waals surface area contributed by atoms with E-state index in [4.69, 9.17) is 5.11 Å². The molecule has 1 aromatic carbocycles. The molecule has 0 saturated carbocycles. The molecule has 0 radical (unpaired) electrons. The number of likely N-dealkylation sites (N-methyl/N-ethyl adjacent to an activating group) is 1. The number of nitrogens with one attached hydrogen (secondary N) is 1. The van der Waals surface area contributed by atoms with Gasteiger partial charge in [0.2, 0.25) is 0 Å². The van der Waals surface area contributed by atoms with Crippen molar-refractivity contribution in [3.8, 4) is 0 Å². The normalized spacial score (nSPS) is 12.7. The molecule has 0 heterocycles. The van der Waals surface area contributed by atoms with Gasteiger partial charge in [0.25, 0.3) is 0 Å². The lowest BCUT2D eigenvalue weighted by Crippen LogP contribution is -2.45. The third-order valence-corrected chi connectivity index (χ3v) is 3.32. The summed E-state index contributed by atoms with van der Waals surface area (Å²) >= 11 is 0. The van der Waals surface area contributed by atoms with Crippen LogP contribution in [0.15, 0.2) is 18.2 Å². The number of aliphatic hydroxyl groups is 1. The minimum absolute atomic E-state index is 0.180. The highest BCUT2D eigenvalue weighted by Gasteiger charge is 2.39. The summed E-state index contributed by atoms with van der Waals surface area (Å²) in [6.07, 6.45) is -7.31. The number of anilines is 1. The summed E-state index contributed by atoms with van der Waals surface area (Å²) < 4.78 is 36.9. The second-order valence-electron chi connectivity index (χ2n) is 5.62. The first-order valence-corrected chi connectivity index (χ1v) is 7.03. The van der Waals surface area contributed by atoms with E-state index < -0.39 is 24.9 Å². The van der Waals surface area contributed by atoms with Gasteiger partial charge in [-0.25, -0.2) is 4.79 Å². The van der Waals surface area contributed by atoms with Gasteiger partial charge in [-0.15, -0.1) is 0 Å². The summed E-state index contributed by atoms with van der Waals surface area (Å²) in [7, 11) is 4.93. The molecule has 5 nitrogen and oxygen atoms in total. The Labute approximate surface area is 133 Å². The highest BCUT2D eigenvalue weighted by atomic mass is 19.4. The average Bonchev–Trinajstić information content (AvgIpc) is 2.44. The number of amides is 2. The van der Waals surface area contributed by atoms with Crippen molar-refractivity contribution in [3.05, 3.63) is 29.3 Å². The van der Waals surface area contributed by atoms with E-state index in [1.807, 2.05) is 44.1 Å². The van der Waals surface area contributed by atoms with Crippen LogP contribution in [0.1, 0.15) is 11.1 Å². The van der Waals surface area contributed by atoms with E-state index in [2.05, 4.69) is 5.32 Å². The lowest BCUT2D eigenvalue weighted by Gasteiger charge is -2.23. The molecule has 2 amide bonds. The fourth-order valence-corrected chi connectivity index (χ4v) is 1.99. The van der Waals surface area contributed by atoms with E-state index in [1.54, 1.807) is 0 Å². The molecule has 1 atom stereocenters. The molecule has 23 heavy (non-hydrogen) atoms. The molecular formula is C15H22F3N3O2. The second-order valence-corrected chi connectivity index (χ2v) is 5.62. The van der Waals surface area contributed by atoms with E-state index >= 15 is 0 Å². The quantitative estimate of drug-likeness (QED) is 0.868. The number of nitrogens with zero attached hydrogens (tertiary/aromatic N) is 2. The van der Waals surface area contributed by atoms with Crippen LogP contribution in [0.4, 0.5) is 23.7 Å². The summed E-state index contributed by atoms with van der Waals surface area (Å²) in [4.78, 5) is 14.6. The third kappa shape index (κ3) is 5.63. The van der Waals surface area contributed by atoms with Crippen LogP contribution < -0.4 is 10.2 Å². The minimum Gasteiger partial charge on any atom is -0.382 e. The van der Waals surface area contributed by atoms with Gasteiger partial charge < -0.3 is 20.2 Å². The van der Waals surface area contributed by atoms with Gasteiger partial charge in [0, 0.05) is 33.4 Å². The predicted molar refractivity (Wildman–Crippen MR) is 82.4 cm³/mol. The van der Waals surface area contributed by atoms with Crippen molar-refractivity contribution in [1.29, 1.82) is 0 Å². The van der Waals surface area contributed by atoms with E-state index in [0.29, 0.717) is 0 Å². The molecule has 8 heteroatoms. The van der Waals surface area contributed by atoms with Crippen molar-refractivity contribution in [2.75, 3.05) is 32.6 Å². The van der Waals surface area contributed by atoms with Gasteiger partial charge in [-0.3, -0.25) is 0 Å². The van der Waals surface area contributed by atoms with Crippen LogP contribution in [0.3, 0.4) is 0 Å². The van der Waals surface area contributed by atoms with Crippen molar-refractivity contribution in [1.82, 2.24) is 10.2 Å². The number of carbonyl (C=O) groups is 1. The molecule has 0 aromatic heterocycles. The van der Waals surface area contributed by atoms with E-state index in [9.17, 15) is 18.0 Å². The van der Waals surface area contributed by atoms with Crippen molar-refractivity contribution < 1.29 is 23.1 Å². The van der Waals surface area contributed by atoms with Crippen LogP contribution in [0.2, 0.25) is 0 Å². The Kier molecular flexibility index (Phi) is 6.26. The Balaban J connectivity index is 2.66. The number of alkyl halides is 3. The van der Waals surface area contributed by atoms with E-state index in [0.717, 1.165) is 21.7 Å². The van der Waals surface area contributed by atoms with E-state index in [-0.39, 0.29) is 6.54 Å². The number of urea groups is 1. The van der Waals surface area contributed by atoms with Crippen LogP contribution in [-0.2, 0) is 6.54 Å². The molecule has 0 aliphatic rings. The summed E-state index contributed by atoms with van der Waals surface area (Å²) in [5.41, 5.74) is 2.83. The molecule has 0 unspecified atom stereocenters. The van der Waals surface area contributed by atoms with Gasteiger partial charge in [0.15, 0.2) is 6.10 Å². The van der Waals surface area contributed by atoms with Crippen LogP contribution in [0.25, 0.3) is 0 Å². The zero-order valence-corrected chi connectivity index (χ0v) is 13.6. The molecular weight excluding hydrogens is 311 g/mol. The Morgan fingerprint density at radius 2 is 1.91 bits per heavy atom. The molecule has 1 rings (SSSR count). The van der Waals surface area contributed by atoms with Gasteiger partial charge in [0.1, 0.15) is 0 Å². The van der Waals surface area contributed by atoms with Crippen LogP contribution in [0.5, 0.6) is 0 Å². The molecule has 0 bridgehead atoms. The monoisotopic (exact) mass is 333 g/mol. The number of aliphatic hydroxyl groups excluding tert-OH is 1. The maximum Gasteiger partial charge on any atom is 0.416 e. The Morgan fingerprint density at radius 3 is 2.43 bits per heavy atom. The molecule has 1 aromatic rings. The number of aryl methyl sites for hydroxylation is 1. The number of hydrogen-bond acceptors (Lipinski definition) is 3. The van der Waals surface area contributed by atoms with Gasteiger partial charge in [-0.2, -0.15) is 13.2 Å². The molecule has 130 valence electrons. The lowest BCUT2D eigenvalue weighted by atomic mass is 10.1. The molecule has 2 N–H and O–H groups in total. The van der Waals surface area contributed by atoms with Crippen LogP contribution in [0, 0.1) is 6.92 Å². The average molecular weight is 333 g/mol. The number of carbonyl (C=O) groups excluding carboxylic acids is 1. The molecule has 0 fully saturated rings. The standard InChI is InChI=1S/C15H22F3N3O2/c1-10-5-6-11(12(7-10)20(2)3)8-19-14(23)21(4)9-13(22)15(16,17)18/h5-7,13,22H,8-9H2,1-4H3,(H,19,23)/t13-/m1/s1. The topological polar surface area (TPSA) is 55.8 Å². The number of benzene rings is 1. The first-order valence-electron chi connectivity index (χ1n) is 7.03. The fourth-order valence-electron chi connectivity index (χ4n) is 1.99. The van der Waals surface area contributed by atoms with Gasteiger partial charge in [0.05, 0.1) is 6.54 Å². The molecule has 0 aliphatic carbocycles. The van der Waals surface area contributed by atoms with Crippen LogP contribution >= 0.6 is 0 Å². The zero-order chi connectivity index (χ0) is 17.8. The largest absolute Gasteiger partial charge is 0.416 e. The smallest absolute Gasteiger partial charge is 0.382 e. The van der Waals surface area contributed by atoms with Gasteiger partial charge in [-0.1, -0.05) is 12.1 Å². The first-order chi connectivity index (χ1) is 10.5. The number of hydrogen-bond donors (Lipinski definition) is 2. The molecule has 0 aliphatic heterocycles. The zero-order valence-electron chi connectivity index (χ0n) is 13.6. The lowest BCUT2D eigenvalue weighted by molar-refractivity contribution is -0.205. The van der Waals surface area contributed by atoms with Crippen molar-refractivity contribution in [2.45, 2.75) is 25.7 Å². The summed E-state index contributed by atoms with van der Waals surface area (Å²) in [6.45, 7) is 1.31. The van der Waals surface area contributed by atoms with Gasteiger partial charge >= 0.3 is 12.2 Å². The highest BCUT2D eigenvalue weighted by molar-refractivity contribution is 5.74. The van der Waals surface area contributed by atoms with Gasteiger partial charge in [-0.05, 0) is 24.1 Å². The summed E-state index contributed by atoms with van der Waals surface area (Å²) in [5, 5.41) is 11.5. The SMILES string of the molecule is Cc1ccc(CNC(=O)N(C)C[C@@H](O)C(F)(F)F)c(N(C)C)c1. The number of rotatable bonds is 5. The maximum absolute atomic E-state index is 12.3. The Bertz CT molecular complexity index is 547. The molecule has 0 spiro atoms. The Hall–Kier alpha value is -1.96. The van der Waals surface area contributed by atoms with Crippen molar-refractivity contribution in [3.63, 3.8) is 0 Å². The summed E-state index contributed by atoms with van der Waals surface area (Å²) in [6, 6.07) is 5.03. The minimum atomic E-state index is -4.75. The fraction of sp³-hybridized carbons (Fsp3) is 0.533. The highest BCUT2D eigenvalue weighted by Crippen LogP contribution is 2.21. The third-order valence-electron chi connectivity index (χ3n) is 3.32. The van der Waals surface area contributed by atoms with Crippen molar-refractivity contribution in [2.24, 2.45) is 0 Å². The second kappa shape index (κ2) is 7.54. The van der Waals surface area contributed by atoms with E-state index in [1.165, 1.54) is 7.05 Å². The first kappa shape index (κ1) is 19.1. The van der Waals surface area contributed by atoms with Crippen molar-refractivity contribution >= 4 is 11.7 Å². The molecule has 0 saturated heterocycles. The summed E-state index contributed by atoms with van der Waals surface area (Å²) in [5.74, 6) is 0. The number of halogens is 3.